The van der Waals surface area contributed by atoms with Crippen LogP contribution in [0.1, 0.15) is 31.1 Å². The largest absolute Gasteiger partial charge is 0.478 e. The molecule has 2 amide bonds. The molecule has 0 unspecified atom stereocenters. The number of halogens is 1. The quantitative estimate of drug-likeness (QED) is 0.111. The molecule has 0 atom stereocenters. The van der Waals surface area contributed by atoms with E-state index in [0.29, 0.717) is 39.7 Å². The Morgan fingerprint density at radius 2 is 1.44 bits per heavy atom. The summed E-state index contributed by atoms with van der Waals surface area (Å²) in [4.78, 5) is 44.6. The highest BCUT2D eigenvalue weighted by Gasteiger charge is 2.25. The van der Waals surface area contributed by atoms with E-state index in [-0.39, 0.29) is 36.0 Å². The number of fused-ring (bicyclic) bond motifs is 2. The zero-order chi connectivity index (χ0) is 38.8. The SMILES string of the molecule is CN(CCN(C)C(=O)c1ccc(-c2c3ccc(=[N+](C)C)cc-3oc3cc(N(C)C)ccc23)c(C(=O)O)c1)C(=O)c1ccc(Oc2cccc(F)[n+]2C)cc1. The van der Waals surface area contributed by atoms with Gasteiger partial charge in [0, 0.05) is 92.8 Å². The first-order chi connectivity index (χ1) is 25.7. The normalized spacial score (nSPS) is 11.0. The van der Waals surface area contributed by atoms with E-state index in [2.05, 4.69) is 0 Å². The van der Waals surface area contributed by atoms with Crippen molar-refractivity contribution in [2.24, 2.45) is 7.05 Å². The van der Waals surface area contributed by atoms with Crippen molar-refractivity contribution in [3.63, 3.8) is 0 Å². The Hall–Kier alpha value is -6.56. The molecule has 54 heavy (non-hydrogen) atoms. The molecule has 1 aliphatic carbocycles. The number of rotatable bonds is 10. The molecule has 0 saturated heterocycles. The van der Waals surface area contributed by atoms with Gasteiger partial charge in [-0.1, -0.05) is 6.07 Å². The maximum absolute atomic E-state index is 13.9. The zero-order valence-corrected chi connectivity index (χ0v) is 31.3. The van der Waals surface area contributed by atoms with Gasteiger partial charge in [-0.15, -0.1) is 8.96 Å². The molecule has 1 N–H and O–H groups in total. The fourth-order valence-electron chi connectivity index (χ4n) is 6.16. The molecule has 0 bridgehead atoms. The van der Waals surface area contributed by atoms with E-state index in [1.54, 1.807) is 69.7 Å². The lowest BCUT2D eigenvalue weighted by Crippen LogP contribution is -2.37. The number of carboxylic acid groups (broad SMARTS) is 1. The Morgan fingerprint density at radius 1 is 0.796 bits per heavy atom. The van der Waals surface area contributed by atoms with Gasteiger partial charge < -0.3 is 29.0 Å². The van der Waals surface area contributed by atoms with Crippen LogP contribution in [-0.4, -0.2) is 88.1 Å². The summed E-state index contributed by atoms with van der Waals surface area (Å²) in [6, 6.07) is 27.3. The Bertz CT molecular complexity index is 2450. The summed E-state index contributed by atoms with van der Waals surface area (Å²) < 4.78 is 29.3. The number of pyridine rings is 1. The number of carbonyl (C=O) groups excluding carboxylic acids is 2. The molecule has 0 radical (unpaired) electrons. The predicted octanol–water partition coefficient (Wildman–Crippen LogP) is 5.60. The summed E-state index contributed by atoms with van der Waals surface area (Å²) in [7, 11) is 12.5. The minimum atomic E-state index is -1.18. The first-order valence-corrected chi connectivity index (χ1v) is 17.2. The topological polar surface area (TPSA) is 110 Å². The third-order valence-electron chi connectivity index (χ3n) is 9.40. The summed E-state index contributed by atoms with van der Waals surface area (Å²) in [5, 5.41) is 12.1. The molecule has 0 spiro atoms. The third-order valence-corrected chi connectivity index (χ3v) is 9.40. The van der Waals surface area contributed by atoms with E-state index in [0.717, 1.165) is 22.0 Å². The minimum absolute atomic E-state index is 0.0257. The number of ether oxygens (including phenoxy) is 1. The average Bonchev–Trinajstić information content (AvgIpc) is 3.16. The molecule has 0 fully saturated rings. The van der Waals surface area contributed by atoms with E-state index in [1.165, 1.54) is 26.5 Å². The molecule has 11 nitrogen and oxygen atoms in total. The van der Waals surface area contributed by atoms with Crippen molar-refractivity contribution in [2.75, 3.05) is 60.3 Å². The lowest BCUT2D eigenvalue weighted by Gasteiger charge is -2.23. The molecular formula is C42H42FN5O6+2. The van der Waals surface area contributed by atoms with Crippen LogP contribution in [0.3, 0.4) is 0 Å². The van der Waals surface area contributed by atoms with Crippen molar-refractivity contribution in [1.29, 1.82) is 0 Å². The fraction of sp³-hybridized carbons (Fsp3) is 0.214. The Labute approximate surface area is 312 Å². The van der Waals surface area contributed by atoms with Gasteiger partial charge in [-0.3, -0.25) is 9.59 Å². The first-order valence-electron chi connectivity index (χ1n) is 17.2. The standard InChI is InChI=1S/C42H41FN5O6/c1-44(2)28-14-19-32-35(24-28)54-36-25-29(45(3)4)15-20-33(36)39(32)31-18-13-27(23-34(31)42(51)52)41(50)47(6)22-21-46(5)40(49)26-11-16-30(17-12-26)53-38-10-8-9-37(43)48(38)7/h8-20,23-25H,21-22H2,1-7H3/q+1/p+1. The van der Waals surface area contributed by atoms with Crippen LogP contribution < -0.4 is 24.1 Å². The van der Waals surface area contributed by atoms with Crippen molar-refractivity contribution >= 4 is 34.4 Å². The van der Waals surface area contributed by atoms with Crippen LogP contribution in [0, 0.1) is 5.95 Å². The molecule has 1 aromatic heterocycles. The van der Waals surface area contributed by atoms with Crippen molar-refractivity contribution in [3.05, 3.63) is 125 Å². The lowest BCUT2D eigenvalue weighted by molar-refractivity contribution is -0.703. The monoisotopic (exact) mass is 731 g/mol. The number of hydrogen-bond acceptors (Lipinski definition) is 6. The van der Waals surface area contributed by atoms with Gasteiger partial charge in [0.05, 0.1) is 17.7 Å². The van der Waals surface area contributed by atoms with Gasteiger partial charge in [0.1, 0.15) is 38.2 Å². The van der Waals surface area contributed by atoms with Gasteiger partial charge in [-0.25, -0.2) is 9.37 Å². The van der Waals surface area contributed by atoms with Gasteiger partial charge in [0.15, 0.2) is 0 Å². The summed E-state index contributed by atoms with van der Waals surface area (Å²) >= 11 is 0. The number of carbonyl (C=O) groups is 3. The van der Waals surface area contributed by atoms with Crippen LogP contribution in [-0.2, 0) is 7.05 Å². The summed E-state index contributed by atoms with van der Waals surface area (Å²) in [6.07, 6.45) is 0. The molecule has 276 valence electrons. The van der Waals surface area contributed by atoms with Crippen molar-refractivity contribution in [3.8, 4) is 34.1 Å². The molecule has 3 aromatic carbocycles. The van der Waals surface area contributed by atoms with Crippen LogP contribution in [0.2, 0.25) is 0 Å². The second-order valence-corrected chi connectivity index (χ2v) is 13.5. The second-order valence-electron chi connectivity index (χ2n) is 13.5. The summed E-state index contributed by atoms with van der Waals surface area (Å²) in [5.41, 5.74) is 3.99. The van der Waals surface area contributed by atoms with Crippen molar-refractivity contribution in [2.45, 2.75) is 0 Å². The van der Waals surface area contributed by atoms with Gasteiger partial charge in [0.2, 0.25) is 5.36 Å². The van der Waals surface area contributed by atoms with Gasteiger partial charge in [0.25, 0.3) is 11.8 Å². The van der Waals surface area contributed by atoms with Crippen molar-refractivity contribution in [1.82, 2.24) is 14.4 Å². The fourth-order valence-corrected chi connectivity index (χ4v) is 6.16. The van der Waals surface area contributed by atoms with E-state index < -0.39 is 11.9 Å². The summed E-state index contributed by atoms with van der Waals surface area (Å²) in [5.74, 6) is -0.940. The molecule has 4 aromatic rings. The molecule has 12 heteroatoms. The van der Waals surface area contributed by atoms with E-state index >= 15 is 0 Å². The molecular weight excluding hydrogens is 689 g/mol. The number of amides is 2. The average molecular weight is 732 g/mol. The van der Waals surface area contributed by atoms with Gasteiger partial charge in [-0.05, 0) is 66.2 Å². The first kappa shape index (κ1) is 37.2. The van der Waals surface area contributed by atoms with Crippen LogP contribution in [0.25, 0.3) is 33.4 Å². The lowest BCUT2D eigenvalue weighted by atomic mass is 9.89. The summed E-state index contributed by atoms with van der Waals surface area (Å²) in [6.45, 7) is 0.415. The van der Waals surface area contributed by atoms with E-state index in [1.807, 2.05) is 74.1 Å². The zero-order valence-electron chi connectivity index (χ0n) is 31.3. The van der Waals surface area contributed by atoms with E-state index in [4.69, 9.17) is 9.15 Å². The van der Waals surface area contributed by atoms with Crippen LogP contribution >= 0.6 is 0 Å². The number of aromatic nitrogens is 1. The van der Waals surface area contributed by atoms with Crippen molar-refractivity contribution < 1.29 is 37.6 Å². The number of carboxylic acids is 1. The number of benzene rings is 4. The Kier molecular flexibility index (Phi) is 10.5. The number of likely N-dealkylation sites (N-methyl/N-ethyl adjacent to an activating group) is 2. The molecule has 0 saturated carbocycles. The minimum Gasteiger partial charge on any atom is -0.478 e. The van der Waals surface area contributed by atoms with Gasteiger partial charge >= 0.3 is 17.8 Å². The molecule has 2 aliphatic rings. The van der Waals surface area contributed by atoms with Crippen LogP contribution in [0.5, 0.6) is 11.6 Å². The molecule has 2 heterocycles. The van der Waals surface area contributed by atoms with Crippen LogP contribution in [0.15, 0.2) is 101 Å². The Balaban J connectivity index is 1.22. The molecule has 1 aliphatic heterocycles. The highest BCUT2D eigenvalue weighted by atomic mass is 19.1. The predicted molar refractivity (Wildman–Crippen MR) is 205 cm³/mol. The maximum atomic E-state index is 13.9. The van der Waals surface area contributed by atoms with Crippen LogP contribution in [0.4, 0.5) is 10.1 Å². The molecule has 6 rings (SSSR count). The maximum Gasteiger partial charge on any atom is 0.375 e. The van der Waals surface area contributed by atoms with Gasteiger partial charge in [-0.2, -0.15) is 0 Å². The third kappa shape index (κ3) is 7.49. The highest BCUT2D eigenvalue weighted by molar-refractivity contribution is 6.09. The Morgan fingerprint density at radius 3 is 2.09 bits per heavy atom. The smallest absolute Gasteiger partial charge is 0.375 e. The number of aromatic carboxylic acids is 1. The number of nitrogens with zero attached hydrogens (tertiary/aromatic N) is 5. The van der Waals surface area contributed by atoms with E-state index in [9.17, 15) is 23.9 Å². The number of anilines is 1. The second kappa shape index (κ2) is 15.2. The highest BCUT2D eigenvalue weighted by Crippen LogP contribution is 2.42. The number of hydrogen-bond donors (Lipinski definition) is 1.